The number of hydrogen-bond donors (Lipinski definition) is 9. The first-order chi connectivity index (χ1) is 18.1. The van der Waals surface area contributed by atoms with E-state index in [0.717, 1.165) is 0 Å². The topological polar surface area (TPSA) is 272 Å². The van der Waals surface area contributed by atoms with E-state index in [9.17, 15) is 38.7 Å². The SMILES string of the molecule is CC(N)C(=O)NC(CCCCN)C(=O)NC(C)C(=O)NCC(=O)NC(CC(=O)O)C(=O)NC(C(=O)O)C(C)C. The van der Waals surface area contributed by atoms with Crippen LogP contribution in [0.25, 0.3) is 0 Å². The summed E-state index contributed by atoms with van der Waals surface area (Å²) in [6.07, 6.45) is 0.564. The Balaban J connectivity index is 5.09. The maximum atomic E-state index is 12.7. The van der Waals surface area contributed by atoms with Gasteiger partial charge in [0.1, 0.15) is 24.2 Å². The van der Waals surface area contributed by atoms with Gasteiger partial charge in [-0.05, 0) is 45.6 Å². The quantitative estimate of drug-likeness (QED) is 0.0752. The zero-order valence-corrected chi connectivity index (χ0v) is 22.6. The number of carbonyl (C=O) groups excluding carboxylic acids is 5. The first-order valence-electron chi connectivity index (χ1n) is 12.5. The van der Waals surface area contributed by atoms with Gasteiger partial charge in [-0.1, -0.05) is 13.8 Å². The van der Waals surface area contributed by atoms with Gasteiger partial charge in [-0.25, -0.2) is 4.79 Å². The molecule has 0 radical (unpaired) electrons. The van der Waals surface area contributed by atoms with Crippen molar-refractivity contribution in [1.82, 2.24) is 26.6 Å². The van der Waals surface area contributed by atoms with E-state index in [2.05, 4.69) is 26.6 Å². The average Bonchev–Trinajstić information content (AvgIpc) is 2.83. The fraction of sp³-hybridized carbons (Fsp3) is 0.696. The van der Waals surface area contributed by atoms with E-state index in [1.54, 1.807) is 0 Å². The highest BCUT2D eigenvalue weighted by Gasteiger charge is 2.30. The van der Waals surface area contributed by atoms with Crippen LogP contribution in [0.15, 0.2) is 0 Å². The molecule has 0 aliphatic carbocycles. The molecule has 5 amide bonds. The highest BCUT2D eigenvalue weighted by molar-refractivity contribution is 5.95. The molecule has 5 unspecified atom stereocenters. The number of carboxylic acids is 2. The van der Waals surface area contributed by atoms with Gasteiger partial charge in [0, 0.05) is 0 Å². The van der Waals surface area contributed by atoms with Gasteiger partial charge in [-0.2, -0.15) is 0 Å². The van der Waals surface area contributed by atoms with E-state index in [4.69, 9.17) is 16.6 Å². The van der Waals surface area contributed by atoms with Crippen LogP contribution in [-0.4, -0.2) is 95.0 Å². The molecule has 0 aromatic carbocycles. The van der Waals surface area contributed by atoms with Gasteiger partial charge in [-0.3, -0.25) is 28.8 Å². The third-order valence-corrected chi connectivity index (χ3v) is 5.43. The standard InChI is InChI=1S/C23H41N7O9/c1-11(2)18(23(38)39)30-22(37)15(9-17(32)33)28-16(31)10-26-20(35)13(4)27-21(36)14(7-5-6-8-24)29-19(34)12(3)25/h11-15,18H,5-10,24-25H2,1-4H3,(H,26,35)(H,27,36)(H,28,31)(H,29,34)(H,30,37)(H,32,33)(H,38,39). The molecule has 0 aromatic heterocycles. The van der Waals surface area contributed by atoms with E-state index in [0.29, 0.717) is 19.4 Å². The highest BCUT2D eigenvalue weighted by atomic mass is 16.4. The summed E-state index contributed by atoms with van der Waals surface area (Å²) in [5.41, 5.74) is 11.0. The number of amides is 5. The zero-order chi connectivity index (χ0) is 30.3. The number of nitrogens with two attached hydrogens (primary N) is 2. The monoisotopic (exact) mass is 559 g/mol. The third-order valence-electron chi connectivity index (χ3n) is 5.43. The van der Waals surface area contributed by atoms with Crippen LogP contribution in [0.4, 0.5) is 0 Å². The molecule has 16 heteroatoms. The summed E-state index contributed by atoms with van der Waals surface area (Å²) in [5.74, 6) is -7.20. The molecule has 11 N–H and O–H groups in total. The summed E-state index contributed by atoms with van der Waals surface area (Å²) in [6.45, 7) is 5.58. The van der Waals surface area contributed by atoms with Crippen molar-refractivity contribution in [2.75, 3.05) is 13.1 Å². The lowest BCUT2D eigenvalue weighted by molar-refractivity contribution is -0.144. The smallest absolute Gasteiger partial charge is 0.326 e. The zero-order valence-electron chi connectivity index (χ0n) is 22.6. The molecular weight excluding hydrogens is 518 g/mol. The van der Waals surface area contributed by atoms with Gasteiger partial charge in [0.25, 0.3) is 0 Å². The Bertz CT molecular complexity index is 895. The van der Waals surface area contributed by atoms with Gasteiger partial charge in [0.2, 0.25) is 29.5 Å². The van der Waals surface area contributed by atoms with E-state index >= 15 is 0 Å². The molecule has 0 aliphatic rings. The van der Waals surface area contributed by atoms with Crippen LogP contribution >= 0.6 is 0 Å². The van der Waals surface area contributed by atoms with Crippen molar-refractivity contribution < 1.29 is 43.8 Å². The van der Waals surface area contributed by atoms with Gasteiger partial charge >= 0.3 is 11.9 Å². The van der Waals surface area contributed by atoms with Crippen LogP contribution in [0, 0.1) is 5.92 Å². The van der Waals surface area contributed by atoms with Crippen LogP contribution in [0.2, 0.25) is 0 Å². The van der Waals surface area contributed by atoms with Gasteiger partial charge in [0.15, 0.2) is 0 Å². The molecule has 0 aliphatic heterocycles. The number of hydrogen-bond acceptors (Lipinski definition) is 9. The molecule has 0 saturated heterocycles. The average molecular weight is 560 g/mol. The van der Waals surface area contributed by atoms with Crippen molar-refractivity contribution in [3.8, 4) is 0 Å². The molecule has 0 aromatic rings. The van der Waals surface area contributed by atoms with Crippen LogP contribution in [0.3, 0.4) is 0 Å². The van der Waals surface area contributed by atoms with Crippen LogP contribution in [0.1, 0.15) is 53.4 Å². The van der Waals surface area contributed by atoms with Gasteiger partial charge in [-0.15, -0.1) is 0 Å². The molecule has 0 saturated carbocycles. The van der Waals surface area contributed by atoms with Gasteiger partial charge < -0.3 is 48.3 Å². The second-order valence-corrected chi connectivity index (χ2v) is 9.37. The molecule has 0 bridgehead atoms. The number of unbranched alkanes of at least 4 members (excludes halogenated alkanes) is 1. The maximum Gasteiger partial charge on any atom is 0.326 e. The van der Waals surface area contributed by atoms with Crippen molar-refractivity contribution in [3.05, 3.63) is 0 Å². The highest BCUT2D eigenvalue weighted by Crippen LogP contribution is 2.04. The number of carbonyl (C=O) groups is 7. The summed E-state index contributed by atoms with van der Waals surface area (Å²) in [4.78, 5) is 84.3. The van der Waals surface area contributed by atoms with Crippen LogP contribution in [-0.2, 0) is 33.6 Å². The number of rotatable bonds is 18. The number of nitrogens with one attached hydrogen (secondary N) is 5. The molecule has 0 spiro atoms. The Kier molecular flexibility index (Phi) is 16.0. The molecule has 39 heavy (non-hydrogen) atoms. The Morgan fingerprint density at radius 2 is 1.33 bits per heavy atom. The molecular formula is C23H41N7O9. The summed E-state index contributed by atoms with van der Waals surface area (Å²) >= 11 is 0. The first-order valence-corrected chi connectivity index (χ1v) is 12.5. The number of carboxylic acid groups (broad SMARTS) is 2. The van der Waals surface area contributed by atoms with Crippen LogP contribution < -0.4 is 38.1 Å². The Hall–Kier alpha value is -3.79. The predicted molar refractivity (Wildman–Crippen MR) is 138 cm³/mol. The van der Waals surface area contributed by atoms with E-state index < -0.39 is 90.6 Å². The van der Waals surface area contributed by atoms with Crippen molar-refractivity contribution in [3.63, 3.8) is 0 Å². The summed E-state index contributed by atoms with van der Waals surface area (Å²) in [7, 11) is 0. The van der Waals surface area contributed by atoms with Gasteiger partial charge in [0.05, 0.1) is 19.0 Å². The van der Waals surface area contributed by atoms with E-state index in [-0.39, 0.29) is 6.42 Å². The second kappa shape index (κ2) is 17.7. The first kappa shape index (κ1) is 35.2. The fourth-order valence-corrected chi connectivity index (χ4v) is 3.16. The minimum atomic E-state index is -1.60. The largest absolute Gasteiger partial charge is 0.481 e. The lowest BCUT2D eigenvalue weighted by Gasteiger charge is -2.23. The Morgan fingerprint density at radius 3 is 1.82 bits per heavy atom. The van der Waals surface area contributed by atoms with Crippen molar-refractivity contribution in [2.24, 2.45) is 17.4 Å². The lowest BCUT2D eigenvalue weighted by Crippen LogP contribution is -2.56. The number of aliphatic carboxylic acids is 2. The fourth-order valence-electron chi connectivity index (χ4n) is 3.16. The molecule has 5 atom stereocenters. The summed E-state index contributed by atoms with van der Waals surface area (Å²) < 4.78 is 0. The summed E-state index contributed by atoms with van der Waals surface area (Å²) in [5, 5.41) is 29.8. The normalized spacial score (nSPS) is 14.6. The predicted octanol–water partition coefficient (Wildman–Crippen LogP) is -3.25. The Labute approximate surface area is 226 Å². The Morgan fingerprint density at radius 1 is 0.744 bits per heavy atom. The molecule has 0 heterocycles. The minimum Gasteiger partial charge on any atom is -0.481 e. The lowest BCUT2D eigenvalue weighted by atomic mass is 10.0. The maximum absolute atomic E-state index is 12.7. The van der Waals surface area contributed by atoms with Crippen molar-refractivity contribution in [2.45, 2.75) is 83.6 Å². The third kappa shape index (κ3) is 14.1. The van der Waals surface area contributed by atoms with E-state index in [1.807, 2.05) is 0 Å². The minimum absolute atomic E-state index is 0.255. The molecule has 0 fully saturated rings. The molecule has 0 rings (SSSR count). The summed E-state index contributed by atoms with van der Waals surface area (Å²) in [6, 6.07) is -5.87. The van der Waals surface area contributed by atoms with E-state index in [1.165, 1.54) is 27.7 Å². The van der Waals surface area contributed by atoms with Crippen LogP contribution in [0.5, 0.6) is 0 Å². The second-order valence-electron chi connectivity index (χ2n) is 9.37. The molecule has 16 nitrogen and oxygen atoms in total. The van der Waals surface area contributed by atoms with Crippen molar-refractivity contribution >= 4 is 41.5 Å². The van der Waals surface area contributed by atoms with Crippen molar-refractivity contribution in [1.29, 1.82) is 0 Å². The molecule has 222 valence electrons.